The van der Waals surface area contributed by atoms with Crippen LogP contribution in [-0.2, 0) is 14.8 Å². The molecular formula is C14H25N3O5S. The predicted molar refractivity (Wildman–Crippen MR) is 85.9 cm³/mol. The Morgan fingerprint density at radius 2 is 1.91 bits per heavy atom. The number of methoxy groups -OCH3 is 1. The van der Waals surface area contributed by atoms with E-state index in [4.69, 9.17) is 9.15 Å². The third-order valence-electron chi connectivity index (χ3n) is 2.58. The Labute approximate surface area is 137 Å². The molecule has 0 saturated carbocycles. The lowest BCUT2D eigenvalue weighted by Gasteiger charge is -2.18. The summed E-state index contributed by atoms with van der Waals surface area (Å²) in [6.45, 7) is 7.41. The monoisotopic (exact) mass is 347 g/mol. The van der Waals surface area contributed by atoms with Crippen molar-refractivity contribution in [1.29, 1.82) is 0 Å². The SMILES string of the molecule is COCCNCCNC(=O)c1ccc(S(=O)(=O)NC(C)(C)C)o1. The van der Waals surface area contributed by atoms with Gasteiger partial charge in [0.05, 0.1) is 6.61 Å². The van der Waals surface area contributed by atoms with E-state index in [0.29, 0.717) is 26.2 Å². The Balaban J connectivity index is 2.54. The maximum atomic E-state index is 12.1. The first-order valence-electron chi connectivity index (χ1n) is 7.27. The van der Waals surface area contributed by atoms with Gasteiger partial charge in [-0.1, -0.05) is 0 Å². The van der Waals surface area contributed by atoms with Gasteiger partial charge >= 0.3 is 0 Å². The molecule has 1 aromatic heterocycles. The Morgan fingerprint density at radius 1 is 1.22 bits per heavy atom. The number of carbonyl (C=O) groups is 1. The Kier molecular flexibility index (Phi) is 7.20. The molecule has 132 valence electrons. The van der Waals surface area contributed by atoms with Gasteiger partial charge in [0, 0.05) is 32.3 Å². The fraction of sp³-hybridized carbons (Fsp3) is 0.643. The molecule has 0 radical (unpaired) electrons. The van der Waals surface area contributed by atoms with Gasteiger partial charge in [0.1, 0.15) is 0 Å². The van der Waals surface area contributed by atoms with Crippen molar-refractivity contribution in [1.82, 2.24) is 15.4 Å². The molecule has 0 unspecified atom stereocenters. The molecule has 0 aliphatic rings. The number of hydrogen-bond acceptors (Lipinski definition) is 6. The minimum absolute atomic E-state index is 0.0452. The van der Waals surface area contributed by atoms with Crippen LogP contribution < -0.4 is 15.4 Å². The average Bonchev–Trinajstić information content (AvgIpc) is 2.90. The van der Waals surface area contributed by atoms with Crippen LogP contribution in [0.2, 0.25) is 0 Å². The van der Waals surface area contributed by atoms with Crippen LogP contribution in [0, 0.1) is 0 Å². The smallest absolute Gasteiger partial charge is 0.287 e. The lowest BCUT2D eigenvalue weighted by atomic mass is 10.1. The zero-order valence-electron chi connectivity index (χ0n) is 13.9. The van der Waals surface area contributed by atoms with E-state index in [2.05, 4.69) is 15.4 Å². The fourth-order valence-electron chi connectivity index (χ4n) is 1.69. The second-order valence-electron chi connectivity index (χ2n) is 5.97. The summed E-state index contributed by atoms with van der Waals surface area (Å²) < 4.78 is 36.7. The first kappa shape index (κ1) is 19.6. The normalized spacial score (nSPS) is 12.3. The zero-order valence-corrected chi connectivity index (χ0v) is 14.7. The first-order chi connectivity index (χ1) is 10.7. The van der Waals surface area contributed by atoms with E-state index >= 15 is 0 Å². The molecular weight excluding hydrogens is 322 g/mol. The summed E-state index contributed by atoms with van der Waals surface area (Å²) >= 11 is 0. The Morgan fingerprint density at radius 3 is 2.52 bits per heavy atom. The average molecular weight is 347 g/mol. The summed E-state index contributed by atoms with van der Waals surface area (Å²) in [4.78, 5) is 11.9. The van der Waals surface area contributed by atoms with Crippen molar-refractivity contribution in [3.05, 3.63) is 17.9 Å². The van der Waals surface area contributed by atoms with Crippen molar-refractivity contribution < 1.29 is 22.4 Å². The number of amides is 1. The molecule has 1 aromatic rings. The highest BCUT2D eigenvalue weighted by molar-refractivity contribution is 7.89. The van der Waals surface area contributed by atoms with Crippen LogP contribution in [0.15, 0.2) is 21.6 Å². The molecule has 0 atom stereocenters. The lowest BCUT2D eigenvalue weighted by molar-refractivity contribution is 0.0920. The Hall–Kier alpha value is -1.42. The van der Waals surface area contributed by atoms with Crippen molar-refractivity contribution in [3.63, 3.8) is 0 Å². The Bertz CT molecular complexity index is 604. The van der Waals surface area contributed by atoms with Crippen LogP contribution in [0.25, 0.3) is 0 Å². The van der Waals surface area contributed by atoms with Gasteiger partial charge in [0.15, 0.2) is 5.76 Å². The molecule has 0 bridgehead atoms. The molecule has 1 amide bonds. The predicted octanol–water partition coefficient (Wildman–Crippen LogP) is 0.322. The molecule has 23 heavy (non-hydrogen) atoms. The van der Waals surface area contributed by atoms with Crippen molar-refractivity contribution >= 4 is 15.9 Å². The summed E-state index contributed by atoms with van der Waals surface area (Å²) in [5.74, 6) is -0.507. The summed E-state index contributed by atoms with van der Waals surface area (Å²) in [5.41, 5.74) is -0.637. The van der Waals surface area contributed by atoms with Gasteiger partial charge in [0.2, 0.25) is 5.09 Å². The highest BCUT2D eigenvalue weighted by atomic mass is 32.2. The maximum absolute atomic E-state index is 12.1. The minimum Gasteiger partial charge on any atom is -0.438 e. The summed E-state index contributed by atoms with van der Waals surface area (Å²) in [6.07, 6.45) is 0. The summed E-state index contributed by atoms with van der Waals surface area (Å²) in [6, 6.07) is 2.60. The number of sulfonamides is 1. The zero-order chi connectivity index (χ0) is 17.5. The highest BCUT2D eigenvalue weighted by Gasteiger charge is 2.26. The second kappa shape index (κ2) is 8.44. The molecule has 1 heterocycles. The largest absolute Gasteiger partial charge is 0.438 e. The van der Waals surface area contributed by atoms with E-state index in [0.717, 1.165) is 0 Å². The molecule has 0 fully saturated rings. The number of furan rings is 1. The lowest BCUT2D eigenvalue weighted by Crippen LogP contribution is -2.40. The summed E-state index contributed by atoms with van der Waals surface area (Å²) in [7, 11) is -2.18. The van der Waals surface area contributed by atoms with Crippen molar-refractivity contribution in [2.24, 2.45) is 0 Å². The highest BCUT2D eigenvalue weighted by Crippen LogP contribution is 2.16. The molecule has 0 aliphatic heterocycles. The van der Waals surface area contributed by atoms with E-state index in [1.807, 2.05) is 0 Å². The van der Waals surface area contributed by atoms with Crippen molar-refractivity contribution in [2.45, 2.75) is 31.4 Å². The molecule has 0 spiro atoms. The van der Waals surface area contributed by atoms with Crippen LogP contribution >= 0.6 is 0 Å². The summed E-state index contributed by atoms with van der Waals surface area (Å²) in [5, 5.41) is 5.43. The van der Waals surface area contributed by atoms with Crippen LogP contribution in [0.4, 0.5) is 0 Å². The van der Waals surface area contributed by atoms with Crippen LogP contribution in [0.5, 0.6) is 0 Å². The van der Waals surface area contributed by atoms with E-state index < -0.39 is 21.5 Å². The van der Waals surface area contributed by atoms with Gasteiger partial charge in [0.25, 0.3) is 15.9 Å². The third kappa shape index (κ3) is 7.12. The fourth-order valence-corrected chi connectivity index (χ4v) is 3.04. The topological polar surface area (TPSA) is 110 Å². The molecule has 1 rings (SSSR count). The van der Waals surface area contributed by atoms with Gasteiger partial charge in [-0.2, -0.15) is 0 Å². The molecule has 3 N–H and O–H groups in total. The van der Waals surface area contributed by atoms with Gasteiger partial charge < -0.3 is 19.8 Å². The quantitative estimate of drug-likeness (QED) is 0.555. The van der Waals surface area contributed by atoms with Gasteiger partial charge in [-0.25, -0.2) is 13.1 Å². The van der Waals surface area contributed by atoms with Crippen molar-refractivity contribution in [3.8, 4) is 0 Å². The number of rotatable bonds is 9. The van der Waals surface area contributed by atoms with E-state index in [1.165, 1.54) is 12.1 Å². The second-order valence-corrected chi connectivity index (χ2v) is 7.59. The molecule has 8 nitrogen and oxygen atoms in total. The van der Waals surface area contributed by atoms with Gasteiger partial charge in [-0.3, -0.25) is 4.79 Å². The van der Waals surface area contributed by atoms with Crippen molar-refractivity contribution in [2.75, 3.05) is 33.4 Å². The number of carbonyl (C=O) groups excluding carboxylic acids is 1. The van der Waals surface area contributed by atoms with Gasteiger partial charge in [-0.15, -0.1) is 0 Å². The standard InChI is InChI=1S/C14H25N3O5S/c1-14(2,3)17-23(19,20)12-6-5-11(22-12)13(18)16-8-7-15-9-10-21-4/h5-6,15,17H,7-10H2,1-4H3,(H,16,18). The maximum Gasteiger partial charge on any atom is 0.287 e. The first-order valence-corrected chi connectivity index (χ1v) is 8.76. The van der Waals surface area contributed by atoms with Gasteiger partial charge in [-0.05, 0) is 32.9 Å². The molecule has 0 saturated heterocycles. The number of hydrogen-bond donors (Lipinski definition) is 3. The third-order valence-corrected chi connectivity index (χ3v) is 4.21. The van der Waals surface area contributed by atoms with E-state index in [-0.39, 0.29) is 10.9 Å². The van der Waals surface area contributed by atoms with Crippen LogP contribution in [0.1, 0.15) is 31.3 Å². The number of ether oxygens (including phenoxy) is 1. The molecule has 9 heteroatoms. The number of nitrogens with one attached hydrogen (secondary N) is 3. The van der Waals surface area contributed by atoms with E-state index in [9.17, 15) is 13.2 Å². The minimum atomic E-state index is -3.79. The van der Waals surface area contributed by atoms with Crippen LogP contribution in [-0.4, -0.2) is 53.2 Å². The van der Waals surface area contributed by atoms with E-state index in [1.54, 1.807) is 27.9 Å². The van der Waals surface area contributed by atoms with Crippen LogP contribution in [0.3, 0.4) is 0 Å². The molecule has 0 aliphatic carbocycles. The molecule has 0 aromatic carbocycles.